The van der Waals surface area contributed by atoms with Crippen LogP contribution in [0.3, 0.4) is 0 Å². The average Bonchev–Trinajstić information content (AvgIpc) is 2.53. The van der Waals surface area contributed by atoms with Crippen LogP contribution in [0.15, 0.2) is 30.6 Å². The Hall–Kier alpha value is -1.97. The molecule has 78 valence electrons. The molecule has 0 atom stereocenters. The van der Waals surface area contributed by atoms with E-state index in [1.165, 1.54) is 0 Å². The Bertz CT molecular complexity index is 454. The fourth-order valence-electron chi connectivity index (χ4n) is 1.47. The van der Waals surface area contributed by atoms with Crippen LogP contribution in [0.5, 0.6) is 0 Å². The first-order chi connectivity index (χ1) is 7.18. The maximum absolute atomic E-state index is 5.80. The molecule has 2 heterocycles. The van der Waals surface area contributed by atoms with Gasteiger partial charge in [-0.2, -0.15) is 0 Å². The van der Waals surface area contributed by atoms with E-state index in [1.807, 2.05) is 24.6 Å². The number of anilines is 2. The molecule has 0 aliphatic carbocycles. The molecule has 2 rings (SSSR count). The van der Waals surface area contributed by atoms with E-state index in [2.05, 4.69) is 22.5 Å². The van der Waals surface area contributed by atoms with Crippen molar-refractivity contribution in [3.05, 3.63) is 42.0 Å². The highest BCUT2D eigenvalue weighted by molar-refractivity contribution is 5.64. The predicted molar refractivity (Wildman–Crippen MR) is 61.6 cm³/mol. The highest BCUT2D eigenvalue weighted by atomic mass is 15.4. The van der Waals surface area contributed by atoms with Gasteiger partial charge in [0.2, 0.25) is 0 Å². The minimum absolute atomic E-state index is 0.644. The third-order valence-corrected chi connectivity index (χ3v) is 2.36. The van der Waals surface area contributed by atoms with Crippen molar-refractivity contribution in [2.45, 2.75) is 13.8 Å². The summed E-state index contributed by atoms with van der Waals surface area (Å²) in [4.78, 5) is 3.94. The lowest BCUT2D eigenvalue weighted by atomic mass is 10.4. The topological polar surface area (TPSA) is 55.9 Å². The highest BCUT2D eigenvalue weighted by Gasteiger charge is 2.02. The van der Waals surface area contributed by atoms with Crippen molar-refractivity contribution in [3.63, 3.8) is 0 Å². The van der Waals surface area contributed by atoms with Gasteiger partial charge in [0.1, 0.15) is 0 Å². The van der Waals surface area contributed by atoms with E-state index in [4.69, 9.17) is 5.73 Å². The molecule has 0 aliphatic heterocycles. The van der Waals surface area contributed by atoms with Gasteiger partial charge < -0.3 is 5.73 Å². The summed E-state index contributed by atoms with van der Waals surface area (Å²) in [7, 11) is 0. The van der Waals surface area contributed by atoms with Crippen LogP contribution in [-0.2, 0) is 0 Å². The Balaban J connectivity index is 2.34. The van der Waals surface area contributed by atoms with E-state index < -0.39 is 0 Å². The first-order valence-corrected chi connectivity index (χ1v) is 4.80. The van der Waals surface area contributed by atoms with Crippen molar-refractivity contribution in [3.8, 4) is 0 Å². The number of hydrogen-bond donors (Lipinski definition) is 2. The molecule has 0 amide bonds. The molecule has 0 aromatic carbocycles. The molecule has 0 spiro atoms. The molecule has 2 aromatic rings. The fraction of sp³-hybridized carbons (Fsp3) is 0.182. The van der Waals surface area contributed by atoms with Crippen LogP contribution in [0.1, 0.15) is 11.4 Å². The van der Waals surface area contributed by atoms with Crippen LogP contribution in [0, 0.1) is 13.8 Å². The molecule has 15 heavy (non-hydrogen) atoms. The van der Waals surface area contributed by atoms with E-state index >= 15 is 0 Å². The number of aromatic nitrogens is 2. The molecule has 2 aromatic heterocycles. The number of nitrogen functional groups attached to an aromatic ring is 1. The minimum Gasteiger partial charge on any atom is -0.396 e. The van der Waals surface area contributed by atoms with Gasteiger partial charge in [0.25, 0.3) is 0 Å². The lowest BCUT2D eigenvalue weighted by molar-refractivity contribution is 0.881. The zero-order chi connectivity index (χ0) is 10.8. The van der Waals surface area contributed by atoms with E-state index in [0.717, 1.165) is 17.1 Å². The molecule has 0 fully saturated rings. The molecule has 3 N–H and O–H groups in total. The van der Waals surface area contributed by atoms with Crippen molar-refractivity contribution in [1.29, 1.82) is 0 Å². The Morgan fingerprint density at radius 3 is 2.47 bits per heavy atom. The van der Waals surface area contributed by atoms with Crippen molar-refractivity contribution >= 4 is 11.4 Å². The van der Waals surface area contributed by atoms with Gasteiger partial charge in [-0.25, -0.2) is 0 Å². The van der Waals surface area contributed by atoms with E-state index in [1.54, 1.807) is 12.4 Å². The summed E-state index contributed by atoms with van der Waals surface area (Å²) in [6.07, 6.45) is 3.35. The van der Waals surface area contributed by atoms with Gasteiger partial charge >= 0.3 is 0 Å². The van der Waals surface area contributed by atoms with Crippen molar-refractivity contribution in [2.75, 3.05) is 11.2 Å². The Morgan fingerprint density at radius 1 is 1.20 bits per heavy atom. The van der Waals surface area contributed by atoms with Crippen LogP contribution in [0.2, 0.25) is 0 Å². The second-order valence-corrected chi connectivity index (χ2v) is 3.53. The van der Waals surface area contributed by atoms with Crippen LogP contribution in [-0.4, -0.2) is 9.66 Å². The lowest BCUT2D eigenvalue weighted by Gasteiger charge is -2.13. The standard InChI is InChI=1S/C11H14N4/c1-8-3-4-9(2)15(8)14-11-5-6-13-7-10(11)12/h3-7H,12H2,1-2H3,(H,13,14). The summed E-state index contributed by atoms with van der Waals surface area (Å²) in [5, 5.41) is 0. The van der Waals surface area contributed by atoms with Gasteiger partial charge in [0.15, 0.2) is 0 Å². The molecular formula is C11H14N4. The Kier molecular flexibility index (Phi) is 2.33. The van der Waals surface area contributed by atoms with Gasteiger partial charge in [-0.1, -0.05) is 0 Å². The third kappa shape index (κ3) is 1.79. The molecule has 4 nitrogen and oxygen atoms in total. The lowest BCUT2D eigenvalue weighted by Crippen LogP contribution is -2.13. The first-order valence-electron chi connectivity index (χ1n) is 4.80. The summed E-state index contributed by atoms with van der Waals surface area (Å²) in [6, 6.07) is 5.97. The Morgan fingerprint density at radius 2 is 1.87 bits per heavy atom. The largest absolute Gasteiger partial charge is 0.396 e. The SMILES string of the molecule is Cc1ccc(C)n1Nc1ccncc1N. The van der Waals surface area contributed by atoms with E-state index in [-0.39, 0.29) is 0 Å². The number of aryl methyl sites for hydroxylation is 2. The minimum atomic E-state index is 0.644. The normalized spacial score (nSPS) is 10.3. The first kappa shape index (κ1) is 9.58. The van der Waals surface area contributed by atoms with Crippen molar-refractivity contribution < 1.29 is 0 Å². The molecule has 0 saturated carbocycles. The van der Waals surface area contributed by atoms with Crippen LogP contribution in [0.25, 0.3) is 0 Å². The molecule has 4 heteroatoms. The van der Waals surface area contributed by atoms with E-state index in [9.17, 15) is 0 Å². The van der Waals surface area contributed by atoms with E-state index in [0.29, 0.717) is 5.69 Å². The number of pyridine rings is 1. The van der Waals surface area contributed by atoms with Gasteiger partial charge in [-0.3, -0.25) is 15.1 Å². The van der Waals surface area contributed by atoms with Gasteiger partial charge in [0.05, 0.1) is 17.6 Å². The summed E-state index contributed by atoms with van der Waals surface area (Å²) in [6.45, 7) is 4.08. The average molecular weight is 202 g/mol. The second-order valence-electron chi connectivity index (χ2n) is 3.53. The maximum atomic E-state index is 5.80. The Labute approximate surface area is 88.7 Å². The number of nitrogens with one attached hydrogen (secondary N) is 1. The summed E-state index contributed by atoms with van der Waals surface area (Å²) < 4.78 is 1.99. The zero-order valence-electron chi connectivity index (χ0n) is 8.86. The summed E-state index contributed by atoms with van der Waals surface area (Å²) >= 11 is 0. The zero-order valence-corrected chi connectivity index (χ0v) is 8.86. The molecular weight excluding hydrogens is 188 g/mol. The third-order valence-electron chi connectivity index (χ3n) is 2.36. The maximum Gasteiger partial charge on any atom is 0.0806 e. The van der Waals surface area contributed by atoms with Crippen LogP contribution < -0.4 is 11.2 Å². The quantitative estimate of drug-likeness (QED) is 0.782. The number of nitrogens with two attached hydrogens (primary N) is 1. The molecule has 0 radical (unpaired) electrons. The molecule has 0 unspecified atom stereocenters. The smallest absolute Gasteiger partial charge is 0.0806 e. The summed E-state index contributed by atoms with van der Waals surface area (Å²) in [5.74, 6) is 0. The van der Waals surface area contributed by atoms with Gasteiger partial charge in [-0.15, -0.1) is 0 Å². The fourth-order valence-corrected chi connectivity index (χ4v) is 1.47. The van der Waals surface area contributed by atoms with Crippen LogP contribution in [0.4, 0.5) is 11.4 Å². The van der Waals surface area contributed by atoms with Crippen molar-refractivity contribution in [2.24, 2.45) is 0 Å². The molecule has 0 bridgehead atoms. The molecule has 0 aliphatic rings. The van der Waals surface area contributed by atoms with Gasteiger partial charge in [0, 0.05) is 17.6 Å². The number of rotatable bonds is 2. The second kappa shape index (κ2) is 3.65. The highest BCUT2D eigenvalue weighted by Crippen LogP contribution is 2.17. The van der Waals surface area contributed by atoms with Crippen LogP contribution >= 0.6 is 0 Å². The number of hydrogen-bond acceptors (Lipinski definition) is 3. The summed E-state index contributed by atoms with van der Waals surface area (Å²) in [5.41, 5.74) is 12.8. The number of nitrogens with zero attached hydrogens (tertiary/aromatic N) is 2. The van der Waals surface area contributed by atoms with Crippen molar-refractivity contribution in [1.82, 2.24) is 9.66 Å². The molecule has 0 saturated heterocycles. The monoisotopic (exact) mass is 202 g/mol. The predicted octanol–water partition coefficient (Wildman–Crippen LogP) is 1.96. The van der Waals surface area contributed by atoms with Gasteiger partial charge in [-0.05, 0) is 32.0 Å².